The number of rotatable bonds is 5. The standard InChI is InChI=1S/C19H27NO4.C8H10/c1-13-11-20(19(21)23-3)12-16(13)14-8-9-17(22-2)18(10-14)24-15-6-4-5-7-15;1-2-8-6-4-3-5-7-8/h8-10,13,15-16H,4-7,11-12H2,1-3H3;3-7H,2H2,1H3/t13-,16+;/m0./s1. The number of likely N-dealkylation sites (tertiary alicyclic amines) is 1. The molecule has 0 spiro atoms. The molecule has 1 saturated carbocycles. The molecule has 0 N–H and O–H groups in total. The molecule has 0 radical (unpaired) electrons. The highest BCUT2D eigenvalue weighted by atomic mass is 16.5. The van der Waals surface area contributed by atoms with E-state index < -0.39 is 0 Å². The van der Waals surface area contributed by atoms with Gasteiger partial charge in [-0.25, -0.2) is 4.79 Å². The van der Waals surface area contributed by atoms with Gasteiger partial charge in [-0.15, -0.1) is 0 Å². The monoisotopic (exact) mass is 439 g/mol. The zero-order chi connectivity index (χ0) is 22.9. The van der Waals surface area contributed by atoms with E-state index in [0.717, 1.165) is 37.3 Å². The summed E-state index contributed by atoms with van der Waals surface area (Å²) >= 11 is 0. The van der Waals surface area contributed by atoms with E-state index in [4.69, 9.17) is 14.2 Å². The van der Waals surface area contributed by atoms with Gasteiger partial charge >= 0.3 is 6.09 Å². The highest BCUT2D eigenvalue weighted by Gasteiger charge is 2.34. The number of ether oxygens (including phenoxy) is 3. The van der Waals surface area contributed by atoms with Crippen molar-refractivity contribution in [3.63, 3.8) is 0 Å². The Labute approximate surface area is 192 Å². The molecule has 2 aliphatic rings. The highest BCUT2D eigenvalue weighted by molar-refractivity contribution is 5.68. The number of hydrogen-bond donors (Lipinski definition) is 0. The summed E-state index contributed by atoms with van der Waals surface area (Å²) in [6, 6.07) is 16.6. The third-order valence-electron chi connectivity index (χ3n) is 6.51. The van der Waals surface area contributed by atoms with Gasteiger partial charge in [-0.1, -0.05) is 50.2 Å². The minimum Gasteiger partial charge on any atom is -0.493 e. The Morgan fingerprint density at radius 2 is 1.72 bits per heavy atom. The van der Waals surface area contributed by atoms with Crippen LogP contribution in [0.5, 0.6) is 11.5 Å². The van der Waals surface area contributed by atoms with Crippen LogP contribution in [0.2, 0.25) is 0 Å². The molecule has 0 unspecified atom stereocenters. The lowest BCUT2D eigenvalue weighted by atomic mass is 9.90. The van der Waals surface area contributed by atoms with Gasteiger partial charge < -0.3 is 19.1 Å². The van der Waals surface area contributed by atoms with Crippen molar-refractivity contribution in [3.8, 4) is 11.5 Å². The van der Waals surface area contributed by atoms with Crippen LogP contribution in [-0.2, 0) is 11.2 Å². The Hall–Kier alpha value is -2.69. The summed E-state index contributed by atoms with van der Waals surface area (Å²) in [6.07, 6.45) is 5.89. The van der Waals surface area contributed by atoms with Gasteiger partial charge in [-0.05, 0) is 61.3 Å². The lowest BCUT2D eigenvalue weighted by Gasteiger charge is -2.20. The third kappa shape index (κ3) is 6.18. The van der Waals surface area contributed by atoms with Gasteiger partial charge in [0, 0.05) is 19.0 Å². The summed E-state index contributed by atoms with van der Waals surface area (Å²) < 4.78 is 16.5. The molecule has 1 aliphatic heterocycles. The topological polar surface area (TPSA) is 48.0 Å². The molecule has 2 atom stereocenters. The van der Waals surface area contributed by atoms with Crippen LogP contribution in [0, 0.1) is 5.92 Å². The van der Waals surface area contributed by atoms with Gasteiger partial charge in [-0.2, -0.15) is 0 Å². The molecular weight excluding hydrogens is 402 g/mol. The maximum absolute atomic E-state index is 11.8. The first kappa shape index (κ1) is 24.0. The predicted molar refractivity (Wildman–Crippen MR) is 128 cm³/mol. The normalized spacial score (nSPS) is 20.4. The van der Waals surface area contributed by atoms with Crippen LogP contribution in [0.4, 0.5) is 4.79 Å². The molecular formula is C27H37NO4. The summed E-state index contributed by atoms with van der Waals surface area (Å²) in [5, 5.41) is 0. The second-order valence-electron chi connectivity index (χ2n) is 8.73. The third-order valence-corrected chi connectivity index (χ3v) is 6.51. The fourth-order valence-corrected chi connectivity index (χ4v) is 4.59. The van der Waals surface area contributed by atoms with E-state index in [1.54, 1.807) is 12.0 Å². The van der Waals surface area contributed by atoms with Gasteiger partial charge in [0.15, 0.2) is 11.5 Å². The maximum atomic E-state index is 11.8. The van der Waals surface area contributed by atoms with Crippen molar-refractivity contribution in [3.05, 3.63) is 59.7 Å². The van der Waals surface area contributed by atoms with Crippen molar-refractivity contribution in [1.29, 1.82) is 0 Å². The molecule has 1 aliphatic carbocycles. The van der Waals surface area contributed by atoms with Crippen LogP contribution < -0.4 is 9.47 Å². The molecule has 1 heterocycles. The number of methoxy groups -OCH3 is 2. The number of carbonyl (C=O) groups is 1. The molecule has 1 saturated heterocycles. The van der Waals surface area contributed by atoms with Gasteiger partial charge in [0.2, 0.25) is 0 Å². The van der Waals surface area contributed by atoms with Gasteiger partial charge in [0.1, 0.15) is 0 Å². The van der Waals surface area contributed by atoms with Crippen molar-refractivity contribution >= 4 is 6.09 Å². The Bertz CT molecular complexity index is 848. The molecule has 2 aromatic carbocycles. The molecule has 5 heteroatoms. The number of carbonyl (C=O) groups excluding carboxylic acids is 1. The van der Waals surface area contributed by atoms with Crippen molar-refractivity contribution < 1.29 is 19.0 Å². The molecule has 2 aromatic rings. The van der Waals surface area contributed by atoms with Crippen LogP contribution in [0.1, 0.15) is 56.6 Å². The van der Waals surface area contributed by atoms with E-state index in [0.29, 0.717) is 24.5 Å². The number of hydrogen-bond acceptors (Lipinski definition) is 4. The average Bonchev–Trinajstić information content (AvgIpc) is 3.49. The molecule has 0 aromatic heterocycles. The summed E-state index contributed by atoms with van der Waals surface area (Å²) in [4.78, 5) is 13.6. The summed E-state index contributed by atoms with van der Waals surface area (Å²) in [6.45, 7) is 5.75. The minimum atomic E-state index is -0.250. The Balaban J connectivity index is 0.000000305. The molecule has 32 heavy (non-hydrogen) atoms. The number of benzene rings is 2. The molecule has 0 bridgehead atoms. The maximum Gasteiger partial charge on any atom is 0.409 e. The Morgan fingerprint density at radius 3 is 2.31 bits per heavy atom. The van der Waals surface area contributed by atoms with Crippen molar-refractivity contribution in [2.45, 2.75) is 58.0 Å². The number of aryl methyl sites for hydroxylation is 1. The van der Waals surface area contributed by atoms with Gasteiger partial charge in [0.05, 0.1) is 20.3 Å². The molecule has 4 rings (SSSR count). The Kier molecular flexibility index (Phi) is 8.83. The smallest absolute Gasteiger partial charge is 0.409 e. The lowest BCUT2D eigenvalue weighted by molar-refractivity contribution is 0.131. The SMILES string of the molecule is CCc1ccccc1.COC(=O)N1C[C@H](C)[C@H](c2ccc(OC)c(OC3CCCC3)c2)C1. The van der Waals surface area contributed by atoms with Crippen LogP contribution in [0.25, 0.3) is 0 Å². The van der Waals surface area contributed by atoms with Crippen molar-refractivity contribution in [2.75, 3.05) is 27.3 Å². The predicted octanol–water partition coefficient (Wildman–Crippen LogP) is 6.07. The van der Waals surface area contributed by atoms with E-state index in [2.05, 4.69) is 50.2 Å². The van der Waals surface area contributed by atoms with Gasteiger partial charge in [0.25, 0.3) is 0 Å². The summed E-state index contributed by atoms with van der Waals surface area (Å²) in [5.41, 5.74) is 2.61. The average molecular weight is 440 g/mol. The van der Waals surface area contributed by atoms with E-state index in [1.807, 2.05) is 12.1 Å². The molecule has 1 amide bonds. The van der Waals surface area contributed by atoms with E-state index in [9.17, 15) is 4.79 Å². The van der Waals surface area contributed by atoms with E-state index in [-0.39, 0.29) is 6.09 Å². The van der Waals surface area contributed by atoms with E-state index >= 15 is 0 Å². The first-order valence-electron chi connectivity index (χ1n) is 11.8. The first-order valence-corrected chi connectivity index (χ1v) is 11.8. The fraction of sp³-hybridized carbons (Fsp3) is 0.519. The van der Waals surface area contributed by atoms with Crippen molar-refractivity contribution in [2.24, 2.45) is 5.92 Å². The van der Waals surface area contributed by atoms with Crippen molar-refractivity contribution in [1.82, 2.24) is 4.90 Å². The second kappa shape index (κ2) is 11.8. The molecule has 174 valence electrons. The lowest BCUT2D eigenvalue weighted by Crippen LogP contribution is -2.28. The summed E-state index contributed by atoms with van der Waals surface area (Å²) in [7, 11) is 3.11. The largest absolute Gasteiger partial charge is 0.493 e. The number of nitrogens with zero attached hydrogens (tertiary/aromatic N) is 1. The summed E-state index contributed by atoms with van der Waals surface area (Å²) in [5.74, 6) is 2.28. The zero-order valence-electron chi connectivity index (χ0n) is 19.9. The zero-order valence-corrected chi connectivity index (χ0v) is 19.9. The van der Waals surface area contributed by atoms with Crippen LogP contribution >= 0.6 is 0 Å². The highest BCUT2D eigenvalue weighted by Crippen LogP contribution is 2.38. The van der Waals surface area contributed by atoms with Crippen LogP contribution in [0.3, 0.4) is 0 Å². The van der Waals surface area contributed by atoms with Crippen LogP contribution in [-0.4, -0.2) is 44.4 Å². The van der Waals surface area contributed by atoms with Crippen LogP contribution in [0.15, 0.2) is 48.5 Å². The van der Waals surface area contributed by atoms with E-state index in [1.165, 1.54) is 31.1 Å². The van der Waals surface area contributed by atoms with Gasteiger partial charge in [-0.3, -0.25) is 0 Å². The second-order valence-corrected chi connectivity index (χ2v) is 8.73. The first-order chi connectivity index (χ1) is 15.5. The molecule has 2 fully saturated rings. The quantitative estimate of drug-likeness (QED) is 0.567. The Morgan fingerprint density at radius 1 is 1.00 bits per heavy atom. The fourth-order valence-electron chi connectivity index (χ4n) is 4.59. The number of amides is 1. The molecule has 5 nitrogen and oxygen atoms in total. The minimum absolute atomic E-state index is 0.250.